The van der Waals surface area contributed by atoms with Crippen LogP contribution in [0.5, 0.6) is 0 Å². The quantitative estimate of drug-likeness (QED) is 0.150. The zero-order chi connectivity index (χ0) is 46.0. The highest BCUT2D eigenvalue weighted by atomic mass is 15.0. The second-order valence-corrected chi connectivity index (χ2v) is 17.9. The van der Waals surface area contributed by atoms with Crippen molar-refractivity contribution in [1.82, 2.24) is 9.13 Å². The third kappa shape index (κ3) is 5.90. The Balaban J connectivity index is 1.28. The molecule has 67 heavy (non-hydrogen) atoms. The van der Waals surface area contributed by atoms with E-state index in [0.717, 1.165) is 112 Å². The number of para-hydroxylation sites is 2. The number of nitriles is 3. The fraction of sp³-hybridized carbons (Fsp3) is 0.113. The van der Waals surface area contributed by atoms with E-state index < -0.39 is 10.8 Å². The normalized spacial score (nSPS) is 17.9. The highest BCUT2D eigenvalue weighted by Crippen LogP contribution is 2.59. The summed E-state index contributed by atoms with van der Waals surface area (Å²) in [4.78, 5) is 0. The molecule has 11 rings (SSSR count). The molecule has 0 N–H and O–H groups in total. The van der Waals surface area contributed by atoms with Crippen molar-refractivity contribution >= 4 is 55.0 Å². The van der Waals surface area contributed by atoms with E-state index in [2.05, 4.69) is 181 Å². The molecule has 318 valence electrons. The monoisotopic (exact) mass is 859 g/mol. The van der Waals surface area contributed by atoms with Crippen molar-refractivity contribution in [3.05, 3.63) is 250 Å². The molecule has 7 aromatic carbocycles. The Kier molecular flexibility index (Phi) is 9.67. The molecular weight excluding hydrogens is 815 g/mol. The second kappa shape index (κ2) is 15.8. The number of benzene rings is 7. The van der Waals surface area contributed by atoms with E-state index in [1.807, 2.05) is 55.5 Å². The van der Waals surface area contributed by atoms with Crippen LogP contribution in [0.25, 0.3) is 55.0 Å². The molecule has 2 aromatic heterocycles. The molecule has 2 atom stereocenters. The molecule has 0 amide bonds. The molecular formula is C62H45N5. The molecule has 2 aliphatic rings. The minimum Gasteiger partial charge on any atom is -0.310 e. The molecule has 2 aliphatic carbocycles. The van der Waals surface area contributed by atoms with Gasteiger partial charge in [-0.3, -0.25) is 0 Å². The highest BCUT2D eigenvalue weighted by molar-refractivity contribution is 6.12. The van der Waals surface area contributed by atoms with Gasteiger partial charge in [-0.1, -0.05) is 97.6 Å². The van der Waals surface area contributed by atoms with Gasteiger partial charge in [0.05, 0.1) is 62.4 Å². The summed E-state index contributed by atoms with van der Waals surface area (Å²) in [5, 5.41) is 36.5. The lowest BCUT2D eigenvalue weighted by molar-refractivity contribution is 0.587. The predicted molar refractivity (Wildman–Crippen MR) is 274 cm³/mol. The summed E-state index contributed by atoms with van der Waals surface area (Å²) in [5.41, 5.74) is 14.2. The molecule has 0 radical (unpaired) electrons. The Bertz CT molecular complexity index is 3860. The number of rotatable bonds is 7. The largest absolute Gasteiger partial charge is 0.310 e. The van der Waals surface area contributed by atoms with Crippen LogP contribution in [0.1, 0.15) is 87.9 Å². The van der Waals surface area contributed by atoms with Crippen molar-refractivity contribution in [3.63, 3.8) is 0 Å². The van der Waals surface area contributed by atoms with E-state index >= 15 is 0 Å². The molecule has 5 nitrogen and oxygen atoms in total. The summed E-state index contributed by atoms with van der Waals surface area (Å²) in [5.74, 6) is 0. The van der Waals surface area contributed by atoms with Crippen molar-refractivity contribution in [2.45, 2.75) is 44.4 Å². The summed E-state index contributed by atoms with van der Waals surface area (Å²) < 4.78 is 4.66. The van der Waals surface area contributed by atoms with Crippen LogP contribution in [0, 0.1) is 40.9 Å². The van der Waals surface area contributed by atoms with E-state index in [1.165, 1.54) is 0 Å². The molecule has 0 bridgehead atoms. The summed E-state index contributed by atoms with van der Waals surface area (Å²) in [7, 11) is 0. The molecule has 2 heterocycles. The minimum absolute atomic E-state index is 0.536. The Morgan fingerprint density at radius 2 is 1.18 bits per heavy atom. The number of nitrogens with zero attached hydrogens (tertiary/aromatic N) is 5. The van der Waals surface area contributed by atoms with E-state index in [-0.39, 0.29) is 0 Å². The first-order valence-corrected chi connectivity index (χ1v) is 22.8. The first-order chi connectivity index (χ1) is 32.8. The van der Waals surface area contributed by atoms with Gasteiger partial charge >= 0.3 is 0 Å². The highest BCUT2D eigenvalue weighted by Gasteiger charge is 2.52. The molecule has 0 spiro atoms. The summed E-state index contributed by atoms with van der Waals surface area (Å²) in [6, 6.07) is 56.4. The van der Waals surface area contributed by atoms with E-state index in [9.17, 15) is 15.8 Å². The second-order valence-electron chi connectivity index (χ2n) is 17.9. The van der Waals surface area contributed by atoms with Gasteiger partial charge in [0.2, 0.25) is 0 Å². The van der Waals surface area contributed by atoms with Crippen molar-refractivity contribution in [2.24, 2.45) is 0 Å². The molecule has 9 aromatic rings. The fourth-order valence-electron chi connectivity index (χ4n) is 11.5. The van der Waals surface area contributed by atoms with Crippen LogP contribution < -0.4 is 0 Å². The molecule has 0 saturated carbocycles. The first-order valence-electron chi connectivity index (χ1n) is 22.8. The summed E-state index contributed by atoms with van der Waals surface area (Å²) in [6.07, 6.45) is 16.8. The van der Waals surface area contributed by atoms with Crippen molar-refractivity contribution in [2.75, 3.05) is 0 Å². The number of fused-ring (bicyclic) bond motifs is 8. The molecule has 2 unspecified atom stereocenters. The average Bonchev–Trinajstić information content (AvgIpc) is 3.89. The molecule has 0 aliphatic heterocycles. The van der Waals surface area contributed by atoms with Gasteiger partial charge < -0.3 is 9.13 Å². The smallest absolute Gasteiger partial charge is 0.0991 e. The topological polar surface area (TPSA) is 81.2 Å². The predicted octanol–water partition coefficient (Wildman–Crippen LogP) is 14.7. The third-order valence-electron chi connectivity index (χ3n) is 14.4. The Morgan fingerprint density at radius 1 is 0.597 bits per heavy atom. The van der Waals surface area contributed by atoms with Gasteiger partial charge in [0.15, 0.2) is 0 Å². The van der Waals surface area contributed by atoms with Gasteiger partial charge in [-0.25, -0.2) is 0 Å². The Morgan fingerprint density at radius 3 is 1.88 bits per heavy atom. The number of hydrogen-bond acceptors (Lipinski definition) is 3. The fourth-order valence-corrected chi connectivity index (χ4v) is 11.5. The van der Waals surface area contributed by atoms with Gasteiger partial charge in [-0.05, 0) is 169 Å². The first kappa shape index (κ1) is 41.0. The van der Waals surface area contributed by atoms with Crippen molar-refractivity contribution in [3.8, 4) is 18.2 Å². The summed E-state index contributed by atoms with van der Waals surface area (Å²) in [6.45, 7) is 10.4. The van der Waals surface area contributed by atoms with Crippen LogP contribution in [-0.4, -0.2) is 9.13 Å². The third-order valence-corrected chi connectivity index (χ3v) is 14.4. The van der Waals surface area contributed by atoms with E-state index in [1.54, 1.807) is 0 Å². The van der Waals surface area contributed by atoms with Crippen LogP contribution in [0.2, 0.25) is 0 Å². The van der Waals surface area contributed by atoms with Gasteiger partial charge in [0, 0.05) is 38.4 Å². The maximum atomic E-state index is 10.8. The molecule has 0 fully saturated rings. The number of aromatic nitrogens is 2. The van der Waals surface area contributed by atoms with Crippen molar-refractivity contribution in [1.29, 1.82) is 15.8 Å². The Labute approximate surface area is 390 Å². The lowest BCUT2D eigenvalue weighted by Gasteiger charge is -2.50. The van der Waals surface area contributed by atoms with Crippen LogP contribution in [0.3, 0.4) is 0 Å². The number of hydrogen-bond donors (Lipinski definition) is 0. The Hall–Kier alpha value is -8.69. The lowest BCUT2D eigenvalue weighted by atomic mass is 9.51. The van der Waals surface area contributed by atoms with Crippen LogP contribution in [0.15, 0.2) is 189 Å². The van der Waals surface area contributed by atoms with E-state index in [0.29, 0.717) is 16.7 Å². The zero-order valence-electron chi connectivity index (χ0n) is 37.7. The maximum absolute atomic E-state index is 10.8. The lowest BCUT2D eigenvalue weighted by Crippen LogP contribution is -2.44. The average molecular weight is 860 g/mol. The van der Waals surface area contributed by atoms with Crippen LogP contribution >= 0.6 is 0 Å². The molecule has 0 saturated heterocycles. The maximum Gasteiger partial charge on any atom is 0.0991 e. The van der Waals surface area contributed by atoms with Gasteiger partial charge in [0.1, 0.15) is 0 Å². The van der Waals surface area contributed by atoms with E-state index in [4.69, 9.17) is 0 Å². The van der Waals surface area contributed by atoms with Crippen molar-refractivity contribution < 1.29 is 0 Å². The van der Waals surface area contributed by atoms with Gasteiger partial charge in [-0.2, -0.15) is 15.8 Å². The van der Waals surface area contributed by atoms with Crippen LogP contribution in [-0.2, 0) is 10.8 Å². The number of allylic oxidation sites excluding steroid dienone is 9. The van der Waals surface area contributed by atoms with Gasteiger partial charge in [0.25, 0.3) is 0 Å². The standard InChI is InChI=1S/C62H45N5/c1-5-14-46(15-6-2)66-57-20-12-10-18-48(57)50-35-44(26-30-59(50)66)61(4)52-28-24-43(39-65)34-56(52)62(53-29-25-42(38-64)33-55(53)61,54-32-41(37-63)23-22-40(54)3)45-27-31-60-51(36-45)49-19-11-13-21-58(49)67(60)47-16-8-7-9-17-47/h5-6,8,10-36H,1,7,9H2,2-4H3/b15-6-,46-14+. The SMILES string of the molecule is C=C/C=C(\C=C/C)n1c2ccccc2c2cc(C3(C)c4cc(C#N)ccc4C(c4ccc5c(c4)c4ccccc4n5C4=CCCC=C4)(c4cc(C#N)ccc4C)c4cc(C#N)ccc43)ccc21. The summed E-state index contributed by atoms with van der Waals surface area (Å²) >= 11 is 0. The minimum atomic E-state index is -1.04. The zero-order valence-corrected chi connectivity index (χ0v) is 37.7. The number of aryl methyl sites for hydroxylation is 1. The van der Waals surface area contributed by atoms with Crippen LogP contribution in [0.4, 0.5) is 0 Å². The van der Waals surface area contributed by atoms with Gasteiger partial charge in [-0.15, -0.1) is 0 Å². The molecule has 5 heteroatoms.